The van der Waals surface area contributed by atoms with E-state index in [-0.39, 0.29) is 32.3 Å². The number of thiazole rings is 1. The van der Waals surface area contributed by atoms with E-state index in [4.69, 9.17) is 23.9 Å². The molecule has 0 aliphatic carbocycles. The second kappa shape index (κ2) is 11.9. The molecule has 1 aromatic carbocycles. The molecule has 0 fully saturated rings. The number of pyridine rings is 1. The van der Waals surface area contributed by atoms with Crippen LogP contribution in [0.15, 0.2) is 42.6 Å². The van der Waals surface area contributed by atoms with Crippen LogP contribution in [-0.4, -0.2) is 68.0 Å². The first-order chi connectivity index (χ1) is 17.1. The fourth-order valence-electron chi connectivity index (χ4n) is 3.54. The number of hydrogen-bond donors (Lipinski definition) is 0. The van der Waals surface area contributed by atoms with Gasteiger partial charge in [-0.25, -0.2) is 4.98 Å². The highest BCUT2D eigenvalue weighted by molar-refractivity contribution is 7.15. The summed E-state index contributed by atoms with van der Waals surface area (Å²) in [5, 5.41) is 0.812. The van der Waals surface area contributed by atoms with Gasteiger partial charge in [-0.3, -0.25) is 19.5 Å². The minimum absolute atomic E-state index is 0.102. The number of aryl methyl sites for hydroxylation is 1. The molecule has 0 bridgehead atoms. The van der Waals surface area contributed by atoms with Gasteiger partial charge in [-0.2, -0.15) is 0 Å². The maximum absolute atomic E-state index is 12.6. The summed E-state index contributed by atoms with van der Waals surface area (Å²) in [6, 6.07) is 11.2. The van der Waals surface area contributed by atoms with Gasteiger partial charge in [0.05, 0.1) is 36.9 Å². The molecule has 10 heteroatoms. The highest BCUT2D eigenvalue weighted by atomic mass is 32.1. The van der Waals surface area contributed by atoms with Crippen molar-refractivity contribution < 1.29 is 28.5 Å². The Bertz CT molecular complexity index is 1170. The highest BCUT2D eigenvalue weighted by Crippen LogP contribution is 2.38. The summed E-state index contributed by atoms with van der Waals surface area (Å²) in [6.07, 6.45) is 1.73. The van der Waals surface area contributed by atoms with E-state index < -0.39 is 5.97 Å². The zero-order valence-electron chi connectivity index (χ0n) is 19.7. The molecule has 0 spiro atoms. The number of fused-ring (bicyclic) bond motifs is 1. The second-order valence-electron chi connectivity index (χ2n) is 7.62. The van der Waals surface area contributed by atoms with Gasteiger partial charge in [0.1, 0.15) is 23.9 Å². The summed E-state index contributed by atoms with van der Waals surface area (Å²) >= 11 is 1.55. The van der Waals surface area contributed by atoms with E-state index in [1.165, 1.54) is 4.90 Å². The van der Waals surface area contributed by atoms with Crippen LogP contribution in [0.1, 0.15) is 11.8 Å². The molecule has 4 rings (SSSR count). The van der Waals surface area contributed by atoms with Crippen molar-refractivity contribution in [2.45, 2.75) is 13.8 Å². The van der Waals surface area contributed by atoms with Gasteiger partial charge in [0.2, 0.25) is 0 Å². The van der Waals surface area contributed by atoms with Gasteiger partial charge >= 0.3 is 5.97 Å². The number of benzene rings is 1. The zero-order chi connectivity index (χ0) is 24.6. The molecule has 1 amide bonds. The summed E-state index contributed by atoms with van der Waals surface area (Å²) in [5.74, 6) is -0.311. The molecule has 1 aliphatic heterocycles. The number of amides is 1. The number of rotatable bonds is 11. The summed E-state index contributed by atoms with van der Waals surface area (Å²) in [4.78, 5) is 36.6. The number of anilines is 1. The standard InChI is InChI=1S/C25H27N3O6S/c1-3-31-10-11-32-12-13-33-23(30)15-28-20-14-18(7-8-21(20)34-16-22(28)29)24-17(2)35-25(27-24)19-6-4-5-9-26-19/h4-9,14H,3,10-13,15-16H2,1-2H3. The van der Waals surface area contributed by atoms with Crippen LogP contribution < -0.4 is 9.64 Å². The highest BCUT2D eigenvalue weighted by Gasteiger charge is 2.29. The Morgan fingerprint density at radius 1 is 1.14 bits per heavy atom. The minimum atomic E-state index is -0.521. The fraction of sp³-hybridized carbons (Fsp3) is 0.360. The Balaban J connectivity index is 1.45. The van der Waals surface area contributed by atoms with E-state index in [1.807, 2.05) is 44.2 Å². The third-order valence-corrected chi connectivity index (χ3v) is 6.20. The third-order valence-electron chi connectivity index (χ3n) is 5.21. The topological polar surface area (TPSA) is 100 Å². The molecular formula is C25H27N3O6S. The number of aromatic nitrogens is 2. The predicted octanol–water partition coefficient (Wildman–Crippen LogP) is 3.50. The van der Waals surface area contributed by atoms with Gasteiger partial charge in [0.25, 0.3) is 5.91 Å². The lowest BCUT2D eigenvalue weighted by Gasteiger charge is -2.29. The van der Waals surface area contributed by atoms with E-state index in [0.717, 1.165) is 26.8 Å². The first-order valence-corrected chi connectivity index (χ1v) is 12.2. The van der Waals surface area contributed by atoms with Crippen LogP contribution in [0.25, 0.3) is 22.0 Å². The lowest BCUT2D eigenvalue weighted by Crippen LogP contribution is -2.42. The summed E-state index contributed by atoms with van der Waals surface area (Å²) in [5.41, 5.74) is 2.92. The van der Waals surface area contributed by atoms with Crippen LogP contribution in [-0.2, 0) is 23.8 Å². The molecule has 3 heterocycles. The lowest BCUT2D eigenvalue weighted by atomic mass is 10.1. The van der Waals surface area contributed by atoms with E-state index >= 15 is 0 Å². The Hall–Kier alpha value is -3.34. The summed E-state index contributed by atoms with van der Waals surface area (Å²) in [6.45, 7) is 5.47. The average Bonchev–Trinajstić information content (AvgIpc) is 3.27. The first-order valence-electron chi connectivity index (χ1n) is 11.3. The molecule has 35 heavy (non-hydrogen) atoms. The molecule has 0 saturated heterocycles. The number of nitrogens with zero attached hydrogens (tertiary/aromatic N) is 3. The van der Waals surface area contributed by atoms with Crippen molar-refractivity contribution in [3.63, 3.8) is 0 Å². The van der Waals surface area contributed by atoms with Crippen LogP contribution in [0.2, 0.25) is 0 Å². The van der Waals surface area contributed by atoms with E-state index in [2.05, 4.69) is 4.98 Å². The van der Waals surface area contributed by atoms with E-state index in [1.54, 1.807) is 23.6 Å². The van der Waals surface area contributed by atoms with Gasteiger partial charge < -0.3 is 18.9 Å². The lowest BCUT2D eigenvalue weighted by molar-refractivity contribution is -0.144. The van der Waals surface area contributed by atoms with Gasteiger partial charge in [0, 0.05) is 23.2 Å². The van der Waals surface area contributed by atoms with Crippen molar-refractivity contribution in [1.29, 1.82) is 0 Å². The summed E-state index contributed by atoms with van der Waals surface area (Å²) in [7, 11) is 0. The van der Waals surface area contributed by atoms with Crippen LogP contribution in [0, 0.1) is 6.92 Å². The molecule has 0 N–H and O–H groups in total. The molecule has 0 unspecified atom stereocenters. The number of carbonyl (C=O) groups is 2. The van der Waals surface area contributed by atoms with Crippen molar-refractivity contribution in [2.75, 3.05) is 51.1 Å². The predicted molar refractivity (Wildman–Crippen MR) is 132 cm³/mol. The molecule has 9 nitrogen and oxygen atoms in total. The van der Waals surface area contributed by atoms with Crippen LogP contribution in [0.5, 0.6) is 5.75 Å². The van der Waals surface area contributed by atoms with Crippen LogP contribution in [0.3, 0.4) is 0 Å². The minimum Gasteiger partial charge on any atom is -0.482 e. The van der Waals surface area contributed by atoms with Crippen molar-refractivity contribution in [3.05, 3.63) is 47.5 Å². The van der Waals surface area contributed by atoms with Crippen molar-refractivity contribution >= 4 is 28.9 Å². The Morgan fingerprint density at radius 3 is 2.77 bits per heavy atom. The van der Waals surface area contributed by atoms with Gasteiger partial charge in [-0.1, -0.05) is 6.07 Å². The Kier molecular flexibility index (Phi) is 8.40. The SMILES string of the molecule is CCOCCOCCOC(=O)CN1C(=O)COc2ccc(-c3nc(-c4ccccn4)sc3C)cc21. The zero-order valence-corrected chi connectivity index (χ0v) is 20.5. The molecule has 0 radical (unpaired) electrons. The number of esters is 1. The number of carbonyl (C=O) groups excluding carboxylic acids is 2. The molecular weight excluding hydrogens is 470 g/mol. The van der Waals surface area contributed by atoms with Crippen LogP contribution >= 0.6 is 11.3 Å². The molecule has 0 atom stereocenters. The van der Waals surface area contributed by atoms with E-state index in [9.17, 15) is 9.59 Å². The van der Waals surface area contributed by atoms with Crippen LogP contribution in [0.4, 0.5) is 5.69 Å². The maximum atomic E-state index is 12.6. The number of hydrogen-bond acceptors (Lipinski definition) is 9. The molecule has 184 valence electrons. The third kappa shape index (κ3) is 6.21. The normalized spacial score (nSPS) is 12.9. The van der Waals surface area contributed by atoms with Gasteiger partial charge in [-0.05, 0) is 44.2 Å². The quantitative estimate of drug-likeness (QED) is 0.293. The molecule has 0 saturated carbocycles. The Morgan fingerprint density at radius 2 is 1.97 bits per heavy atom. The smallest absolute Gasteiger partial charge is 0.326 e. The Labute approximate surface area is 207 Å². The average molecular weight is 498 g/mol. The molecule has 1 aliphatic rings. The first kappa shape index (κ1) is 24.8. The molecule has 2 aromatic heterocycles. The van der Waals surface area contributed by atoms with Crippen molar-refractivity contribution in [2.24, 2.45) is 0 Å². The monoisotopic (exact) mass is 497 g/mol. The van der Waals surface area contributed by atoms with Crippen molar-refractivity contribution in [3.8, 4) is 27.7 Å². The van der Waals surface area contributed by atoms with E-state index in [0.29, 0.717) is 31.3 Å². The second-order valence-corrected chi connectivity index (χ2v) is 8.82. The maximum Gasteiger partial charge on any atom is 0.326 e. The van der Waals surface area contributed by atoms with Gasteiger partial charge in [-0.15, -0.1) is 11.3 Å². The molecule has 3 aromatic rings. The number of ether oxygens (including phenoxy) is 4. The van der Waals surface area contributed by atoms with Gasteiger partial charge in [0.15, 0.2) is 6.61 Å². The van der Waals surface area contributed by atoms with Crippen molar-refractivity contribution in [1.82, 2.24) is 9.97 Å². The fourth-order valence-corrected chi connectivity index (χ4v) is 4.45. The largest absolute Gasteiger partial charge is 0.482 e. The summed E-state index contributed by atoms with van der Waals surface area (Å²) < 4.78 is 21.4.